The number of carbonyl (C=O) groups excluding carboxylic acids is 1. The first kappa shape index (κ1) is 13.1. The molecule has 1 aliphatic heterocycles. The SMILES string of the molecule is CC1CC(C(=O)NC23CC4CC(CC(C4)C2)C3)CCN1. The lowest BCUT2D eigenvalue weighted by Gasteiger charge is -2.57. The van der Waals surface area contributed by atoms with Gasteiger partial charge in [-0.15, -0.1) is 0 Å². The van der Waals surface area contributed by atoms with Crippen molar-refractivity contribution in [3.8, 4) is 0 Å². The van der Waals surface area contributed by atoms with Crippen molar-refractivity contribution in [2.75, 3.05) is 6.54 Å². The number of piperidine rings is 1. The van der Waals surface area contributed by atoms with E-state index in [1.165, 1.54) is 38.5 Å². The van der Waals surface area contributed by atoms with Crippen LogP contribution in [-0.4, -0.2) is 24.0 Å². The maximum absolute atomic E-state index is 12.7. The zero-order chi connectivity index (χ0) is 13.7. The molecule has 1 saturated heterocycles. The molecule has 112 valence electrons. The average molecular weight is 276 g/mol. The second kappa shape index (κ2) is 4.72. The Morgan fingerprint density at radius 3 is 2.20 bits per heavy atom. The summed E-state index contributed by atoms with van der Waals surface area (Å²) in [5.74, 6) is 3.34. The predicted molar refractivity (Wildman–Crippen MR) is 79.2 cm³/mol. The topological polar surface area (TPSA) is 41.1 Å². The number of nitrogens with one attached hydrogen (secondary N) is 2. The molecule has 5 aliphatic rings. The molecule has 0 spiro atoms. The third-order valence-electron chi connectivity index (χ3n) is 6.42. The maximum atomic E-state index is 12.7. The van der Waals surface area contributed by atoms with Crippen molar-refractivity contribution in [1.29, 1.82) is 0 Å². The minimum Gasteiger partial charge on any atom is -0.350 e. The van der Waals surface area contributed by atoms with Crippen LogP contribution in [0.2, 0.25) is 0 Å². The molecule has 2 atom stereocenters. The highest BCUT2D eigenvalue weighted by atomic mass is 16.2. The van der Waals surface area contributed by atoms with Gasteiger partial charge < -0.3 is 10.6 Å². The van der Waals surface area contributed by atoms with E-state index in [0.29, 0.717) is 11.9 Å². The first-order valence-electron chi connectivity index (χ1n) is 8.67. The largest absolute Gasteiger partial charge is 0.350 e. The maximum Gasteiger partial charge on any atom is 0.223 e. The third kappa shape index (κ3) is 2.28. The monoisotopic (exact) mass is 276 g/mol. The van der Waals surface area contributed by atoms with Gasteiger partial charge in [-0.25, -0.2) is 0 Å². The molecule has 3 nitrogen and oxygen atoms in total. The van der Waals surface area contributed by atoms with Crippen LogP contribution in [0.4, 0.5) is 0 Å². The first-order valence-corrected chi connectivity index (χ1v) is 8.67. The van der Waals surface area contributed by atoms with E-state index < -0.39 is 0 Å². The number of hydrogen-bond acceptors (Lipinski definition) is 2. The summed E-state index contributed by atoms with van der Waals surface area (Å²) in [4.78, 5) is 12.7. The second-order valence-corrected chi connectivity index (χ2v) is 8.26. The fourth-order valence-electron chi connectivity index (χ4n) is 6.00. The molecule has 20 heavy (non-hydrogen) atoms. The Morgan fingerprint density at radius 2 is 1.65 bits per heavy atom. The first-order chi connectivity index (χ1) is 9.62. The summed E-state index contributed by atoms with van der Waals surface area (Å²) in [6, 6.07) is 0.496. The van der Waals surface area contributed by atoms with E-state index >= 15 is 0 Å². The zero-order valence-electron chi connectivity index (χ0n) is 12.7. The predicted octanol–water partition coefficient (Wildman–Crippen LogP) is 2.46. The van der Waals surface area contributed by atoms with Crippen LogP contribution in [0.5, 0.6) is 0 Å². The fraction of sp³-hybridized carbons (Fsp3) is 0.941. The molecule has 2 unspecified atom stereocenters. The summed E-state index contributed by atoms with van der Waals surface area (Å²) in [5, 5.41) is 6.99. The van der Waals surface area contributed by atoms with E-state index in [9.17, 15) is 4.79 Å². The second-order valence-electron chi connectivity index (χ2n) is 8.26. The summed E-state index contributed by atoms with van der Waals surface area (Å²) in [5.41, 5.74) is 0.194. The number of rotatable bonds is 2. The van der Waals surface area contributed by atoms with Gasteiger partial charge in [0.05, 0.1) is 0 Å². The molecule has 1 heterocycles. The van der Waals surface area contributed by atoms with Gasteiger partial charge in [-0.05, 0) is 82.6 Å². The normalized spacial score (nSPS) is 50.1. The van der Waals surface area contributed by atoms with E-state index in [1.807, 2.05) is 0 Å². The van der Waals surface area contributed by atoms with Crippen molar-refractivity contribution in [1.82, 2.24) is 10.6 Å². The lowest BCUT2D eigenvalue weighted by Crippen LogP contribution is -2.61. The van der Waals surface area contributed by atoms with Gasteiger partial charge in [-0.2, -0.15) is 0 Å². The average Bonchev–Trinajstić information content (AvgIpc) is 2.36. The summed E-state index contributed by atoms with van der Waals surface area (Å²) in [6.45, 7) is 3.20. The van der Waals surface area contributed by atoms with E-state index in [0.717, 1.165) is 37.1 Å². The quantitative estimate of drug-likeness (QED) is 0.813. The van der Waals surface area contributed by atoms with Crippen LogP contribution in [0.15, 0.2) is 0 Å². The molecule has 0 aromatic heterocycles. The molecule has 4 aliphatic carbocycles. The van der Waals surface area contributed by atoms with Crippen LogP contribution in [-0.2, 0) is 4.79 Å². The molecule has 3 heteroatoms. The van der Waals surface area contributed by atoms with Gasteiger partial charge in [0.2, 0.25) is 5.91 Å². The van der Waals surface area contributed by atoms with Crippen LogP contribution < -0.4 is 10.6 Å². The Labute approximate surface area is 122 Å². The van der Waals surface area contributed by atoms with Crippen LogP contribution in [0.3, 0.4) is 0 Å². The molecule has 5 fully saturated rings. The summed E-state index contributed by atoms with van der Waals surface area (Å²) in [7, 11) is 0. The highest BCUT2D eigenvalue weighted by molar-refractivity contribution is 5.79. The van der Waals surface area contributed by atoms with Crippen molar-refractivity contribution in [2.45, 2.75) is 69.9 Å². The standard InChI is InChI=1S/C17H28N2O/c1-11-4-15(2-3-18-11)16(20)19-17-8-12-5-13(9-17)7-14(6-12)10-17/h11-15,18H,2-10H2,1H3,(H,19,20). The van der Waals surface area contributed by atoms with Gasteiger partial charge in [0.1, 0.15) is 0 Å². The number of hydrogen-bond donors (Lipinski definition) is 2. The van der Waals surface area contributed by atoms with Crippen LogP contribution in [0.25, 0.3) is 0 Å². The van der Waals surface area contributed by atoms with Gasteiger partial charge in [-0.3, -0.25) is 4.79 Å². The highest BCUT2D eigenvalue weighted by Gasteiger charge is 2.51. The lowest BCUT2D eigenvalue weighted by molar-refractivity contribution is -0.131. The molecule has 0 aromatic carbocycles. The lowest BCUT2D eigenvalue weighted by atomic mass is 9.53. The molecular formula is C17H28N2O. The number of amides is 1. The molecular weight excluding hydrogens is 248 g/mol. The van der Waals surface area contributed by atoms with E-state index in [2.05, 4.69) is 17.6 Å². The van der Waals surface area contributed by atoms with Crippen LogP contribution in [0, 0.1) is 23.7 Å². The van der Waals surface area contributed by atoms with E-state index in [1.54, 1.807) is 0 Å². The Kier molecular flexibility index (Phi) is 3.10. The van der Waals surface area contributed by atoms with Crippen molar-refractivity contribution < 1.29 is 4.79 Å². The molecule has 1 amide bonds. The molecule has 0 aromatic rings. The molecule has 0 radical (unpaired) electrons. The van der Waals surface area contributed by atoms with Crippen molar-refractivity contribution in [2.24, 2.45) is 23.7 Å². The Morgan fingerprint density at radius 1 is 1.05 bits per heavy atom. The van der Waals surface area contributed by atoms with Gasteiger partial charge in [0.25, 0.3) is 0 Å². The number of carbonyl (C=O) groups is 1. The van der Waals surface area contributed by atoms with Crippen LogP contribution in [0.1, 0.15) is 58.3 Å². The van der Waals surface area contributed by atoms with Gasteiger partial charge >= 0.3 is 0 Å². The molecule has 5 rings (SSSR count). The summed E-state index contributed by atoms with van der Waals surface area (Å²) < 4.78 is 0. The van der Waals surface area contributed by atoms with Crippen molar-refractivity contribution >= 4 is 5.91 Å². The van der Waals surface area contributed by atoms with Crippen molar-refractivity contribution in [3.05, 3.63) is 0 Å². The minimum absolute atomic E-state index is 0.194. The van der Waals surface area contributed by atoms with Crippen LogP contribution >= 0.6 is 0 Å². The summed E-state index contributed by atoms with van der Waals surface area (Å²) >= 11 is 0. The molecule has 4 bridgehead atoms. The Balaban J connectivity index is 1.44. The molecule has 4 saturated carbocycles. The highest BCUT2D eigenvalue weighted by Crippen LogP contribution is 2.55. The van der Waals surface area contributed by atoms with E-state index in [-0.39, 0.29) is 11.5 Å². The Bertz CT molecular complexity index is 371. The van der Waals surface area contributed by atoms with E-state index in [4.69, 9.17) is 0 Å². The zero-order valence-corrected chi connectivity index (χ0v) is 12.7. The van der Waals surface area contributed by atoms with Gasteiger partial charge in [-0.1, -0.05) is 0 Å². The smallest absolute Gasteiger partial charge is 0.223 e. The fourth-order valence-corrected chi connectivity index (χ4v) is 6.00. The van der Waals surface area contributed by atoms with Gasteiger partial charge in [0.15, 0.2) is 0 Å². The minimum atomic E-state index is 0.194. The molecule has 2 N–H and O–H groups in total. The van der Waals surface area contributed by atoms with Gasteiger partial charge in [0, 0.05) is 17.5 Å². The third-order valence-corrected chi connectivity index (χ3v) is 6.42. The Hall–Kier alpha value is -0.570. The van der Waals surface area contributed by atoms with Crippen molar-refractivity contribution in [3.63, 3.8) is 0 Å². The summed E-state index contributed by atoms with van der Waals surface area (Å²) in [6.07, 6.45) is 10.2.